The van der Waals surface area contributed by atoms with Crippen molar-refractivity contribution in [1.29, 1.82) is 0 Å². The van der Waals surface area contributed by atoms with E-state index in [4.69, 9.17) is 9.47 Å². The van der Waals surface area contributed by atoms with E-state index in [1.807, 2.05) is 42.5 Å². The average Bonchev–Trinajstić information content (AvgIpc) is 3.29. The number of hydrogen-bond acceptors (Lipinski definition) is 3. The van der Waals surface area contributed by atoms with E-state index in [9.17, 15) is 4.21 Å². The van der Waals surface area contributed by atoms with Crippen molar-refractivity contribution in [3.8, 4) is 5.75 Å². The summed E-state index contributed by atoms with van der Waals surface area (Å²) >= 11 is 0. The van der Waals surface area contributed by atoms with E-state index in [2.05, 4.69) is 0 Å². The Morgan fingerprint density at radius 1 is 1.15 bits per heavy atom. The fourth-order valence-corrected chi connectivity index (χ4v) is 3.85. The Labute approximate surface area is 120 Å². The summed E-state index contributed by atoms with van der Waals surface area (Å²) in [4.78, 5) is 1.83. The molecule has 2 aromatic rings. The first-order valence-electron chi connectivity index (χ1n) is 6.68. The van der Waals surface area contributed by atoms with Gasteiger partial charge in [-0.25, -0.2) is 4.21 Å². The number of ether oxygens (including phenoxy) is 2. The summed E-state index contributed by atoms with van der Waals surface area (Å²) in [6.07, 6.45) is 1.06. The monoisotopic (exact) mass is 286 g/mol. The molecule has 4 heteroatoms. The predicted molar refractivity (Wildman–Crippen MR) is 75.6 cm³/mol. The highest BCUT2D eigenvalue weighted by molar-refractivity contribution is 7.85. The van der Waals surface area contributed by atoms with Crippen LogP contribution in [0.3, 0.4) is 0 Å². The third-order valence-corrected chi connectivity index (χ3v) is 5.22. The third-order valence-electron chi connectivity index (χ3n) is 3.62. The molecule has 0 aliphatic carbocycles. The zero-order chi connectivity index (χ0) is 13.5. The van der Waals surface area contributed by atoms with Gasteiger partial charge < -0.3 is 9.47 Å². The van der Waals surface area contributed by atoms with E-state index in [0.29, 0.717) is 6.61 Å². The van der Waals surface area contributed by atoms with Crippen LogP contribution in [0.1, 0.15) is 11.1 Å². The van der Waals surface area contributed by atoms with Gasteiger partial charge in [-0.05, 0) is 41.8 Å². The van der Waals surface area contributed by atoms with E-state index in [-0.39, 0.29) is 6.10 Å². The Morgan fingerprint density at radius 2 is 1.95 bits per heavy atom. The summed E-state index contributed by atoms with van der Waals surface area (Å²) in [5.74, 6) is 0.829. The minimum absolute atomic E-state index is 0.251. The number of hydrogen-bond donors (Lipinski definition) is 0. The topological polar surface area (TPSA) is 38.8 Å². The van der Waals surface area contributed by atoms with Crippen molar-refractivity contribution in [1.82, 2.24) is 0 Å². The molecule has 0 spiro atoms. The Kier molecular flexibility index (Phi) is 2.86. The summed E-state index contributed by atoms with van der Waals surface area (Å²) in [6, 6.07) is 13.7. The minimum atomic E-state index is -1.08. The second-order valence-corrected chi connectivity index (χ2v) is 6.51. The molecule has 0 amide bonds. The molecule has 2 unspecified atom stereocenters. The first-order chi connectivity index (χ1) is 9.81. The van der Waals surface area contributed by atoms with Crippen LogP contribution in [-0.4, -0.2) is 23.5 Å². The largest absolute Gasteiger partial charge is 0.491 e. The molecule has 0 aromatic heterocycles. The Hall–Kier alpha value is -1.65. The maximum Gasteiger partial charge on any atom is 0.119 e. The molecular weight excluding hydrogens is 272 g/mol. The lowest BCUT2D eigenvalue weighted by Crippen LogP contribution is -2.10. The first kappa shape index (κ1) is 12.1. The van der Waals surface area contributed by atoms with Crippen molar-refractivity contribution >= 4 is 10.8 Å². The molecule has 2 aliphatic heterocycles. The molecule has 2 aromatic carbocycles. The second-order valence-electron chi connectivity index (χ2n) is 5.09. The Balaban J connectivity index is 1.65. The van der Waals surface area contributed by atoms with Gasteiger partial charge in [0, 0.05) is 9.79 Å². The molecule has 20 heavy (non-hydrogen) atoms. The quantitative estimate of drug-likeness (QED) is 0.695. The molecule has 3 nitrogen and oxygen atoms in total. The molecular formula is C16H14O3S. The van der Waals surface area contributed by atoms with E-state index >= 15 is 0 Å². The molecule has 1 saturated heterocycles. The molecule has 2 atom stereocenters. The van der Waals surface area contributed by atoms with E-state index in [1.165, 1.54) is 0 Å². The fraction of sp³-hybridized carbons (Fsp3) is 0.250. The third kappa shape index (κ3) is 2.15. The van der Waals surface area contributed by atoms with Gasteiger partial charge >= 0.3 is 0 Å². The highest BCUT2D eigenvalue weighted by Crippen LogP contribution is 2.33. The maximum atomic E-state index is 12.5. The van der Waals surface area contributed by atoms with E-state index < -0.39 is 10.8 Å². The van der Waals surface area contributed by atoms with Gasteiger partial charge in [0.25, 0.3) is 0 Å². The molecule has 0 radical (unpaired) electrons. The lowest BCUT2D eigenvalue weighted by atomic mass is 10.0. The summed E-state index contributed by atoms with van der Waals surface area (Å²) in [6.45, 7) is 1.39. The molecule has 0 saturated carbocycles. The van der Waals surface area contributed by atoms with Crippen LogP contribution in [0, 0.1) is 0 Å². The van der Waals surface area contributed by atoms with Crippen molar-refractivity contribution in [2.24, 2.45) is 0 Å². The summed E-state index contributed by atoms with van der Waals surface area (Å²) in [5.41, 5.74) is 2.23. The van der Waals surface area contributed by atoms with Crippen LogP contribution in [0.2, 0.25) is 0 Å². The lowest BCUT2D eigenvalue weighted by molar-refractivity contribution is 0.262. The summed E-state index contributed by atoms with van der Waals surface area (Å²) in [5, 5.41) is 0. The molecule has 0 N–H and O–H groups in total. The van der Waals surface area contributed by atoms with Gasteiger partial charge in [0.05, 0.1) is 17.4 Å². The molecule has 102 valence electrons. The summed E-state index contributed by atoms with van der Waals surface area (Å²) in [7, 11) is -1.08. The number of epoxide rings is 1. The Bertz CT molecular complexity index is 692. The van der Waals surface area contributed by atoms with Gasteiger partial charge in [-0.2, -0.15) is 0 Å². The van der Waals surface area contributed by atoms with Gasteiger partial charge in [-0.3, -0.25) is 0 Å². The summed E-state index contributed by atoms with van der Waals surface area (Å²) < 4.78 is 23.4. The number of fused-ring (bicyclic) bond motifs is 2. The van der Waals surface area contributed by atoms with Gasteiger partial charge in [0.15, 0.2) is 0 Å². The molecule has 0 bridgehead atoms. The SMILES string of the molecule is O=S1c2ccccc2Cc2cc(OCC3CO3)ccc21. The van der Waals surface area contributed by atoms with E-state index in [1.54, 1.807) is 0 Å². The van der Waals surface area contributed by atoms with Crippen molar-refractivity contribution in [3.05, 3.63) is 53.6 Å². The van der Waals surface area contributed by atoms with Crippen LogP contribution in [0.25, 0.3) is 0 Å². The zero-order valence-corrected chi connectivity index (χ0v) is 11.7. The van der Waals surface area contributed by atoms with Crippen LogP contribution < -0.4 is 4.74 Å². The average molecular weight is 286 g/mol. The van der Waals surface area contributed by atoms with Gasteiger partial charge in [-0.15, -0.1) is 0 Å². The minimum Gasteiger partial charge on any atom is -0.491 e. The van der Waals surface area contributed by atoms with Crippen LogP contribution in [-0.2, 0) is 22.0 Å². The molecule has 4 rings (SSSR count). The molecule has 1 fully saturated rings. The fourth-order valence-electron chi connectivity index (χ4n) is 2.47. The number of rotatable bonds is 3. The van der Waals surface area contributed by atoms with Gasteiger partial charge in [0.1, 0.15) is 18.5 Å². The van der Waals surface area contributed by atoms with Crippen molar-refractivity contribution < 1.29 is 13.7 Å². The van der Waals surface area contributed by atoms with Crippen LogP contribution >= 0.6 is 0 Å². The van der Waals surface area contributed by atoms with Crippen molar-refractivity contribution in [2.45, 2.75) is 22.3 Å². The maximum absolute atomic E-state index is 12.5. The standard InChI is InChI=1S/C16H14O3S/c17-20-15-4-2-1-3-11(15)7-12-8-13(5-6-16(12)20)18-9-14-10-19-14/h1-6,8,14H,7,9-10H2. The van der Waals surface area contributed by atoms with Crippen LogP contribution in [0.15, 0.2) is 52.3 Å². The lowest BCUT2D eigenvalue weighted by Gasteiger charge is -2.19. The van der Waals surface area contributed by atoms with Crippen molar-refractivity contribution in [3.63, 3.8) is 0 Å². The second kappa shape index (κ2) is 4.72. The predicted octanol–water partition coefficient (Wildman–Crippen LogP) is 2.54. The zero-order valence-electron chi connectivity index (χ0n) is 10.9. The normalized spacial score (nSPS) is 22.8. The van der Waals surface area contributed by atoms with Gasteiger partial charge in [0.2, 0.25) is 0 Å². The van der Waals surface area contributed by atoms with Crippen LogP contribution in [0.5, 0.6) is 5.75 Å². The highest BCUT2D eigenvalue weighted by Gasteiger charge is 2.24. The van der Waals surface area contributed by atoms with E-state index in [0.717, 1.165) is 39.7 Å². The molecule has 2 heterocycles. The smallest absolute Gasteiger partial charge is 0.119 e. The van der Waals surface area contributed by atoms with Crippen LogP contribution in [0.4, 0.5) is 0 Å². The highest BCUT2D eigenvalue weighted by atomic mass is 32.2. The molecule has 2 aliphatic rings. The van der Waals surface area contributed by atoms with Crippen molar-refractivity contribution in [2.75, 3.05) is 13.2 Å². The first-order valence-corrected chi connectivity index (χ1v) is 7.83. The number of benzene rings is 2. The Morgan fingerprint density at radius 3 is 2.80 bits per heavy atom. The van der Waals surface area contributed by atoms with Gasteiger partial charge in [-0.1, -0.05) is 18.2 Å².